The van der Waals surface area contributed by atoms with Gasteiger partial charge in [0.05, 0.1) is 6.17 Å². The number of nitrogens with zero attached hydrogens (tertiary/aromatic N) is 2. The summed E-state index contributed by atoms with van der Waals surface area (Å²) >= 11 is 0. The SMILES string of the molecule is [2H]C([2H])([2H])N1C=CN(C(C)(C)C)[C@H]1C. The van der Waals surface area contributed by atoms with Crippen molar-refractivity contribution in [2.45, 2.75) is 39.4 Å². The second-order valence-electron chi connectivity index (χ2n) is 3.92. The van der Waals surface area contributed by atoms with Gasteiger partial charge in [0.1, 0.15) is 0 Å². The molecule has 0 aliphatic carbocycles. The van der Waals surface area contributed by atoms with Crippen LogP contribution in [0.4, 0.5) is 0 Å². The molecule has 11 heavy (non-hydrogen) atoms. The molecule has 0 N–H and O–H groups in total. The maximum atomic E-state index is 7.34. The van der Waals surface area contributed by atoms with Gasteiger partial charge in [-0.05, 0) is 27.7 Å². The molecule has 2 heteroatoms. The van der Waals surface area contributed by atoms with E-state index >= 15 is 0 Å². The average Bonchev–Trinajstić information content (AvgIpc) is 2.26. The first-order chi connectivity index (χ1) is 6.14. The predicted octanol–water partition coefficient (Wildman–Crippen LogP) is 1.85. The van der Waals surface area contributed by atoms with Crippen molar-refractivity contribution < 1.29 is 4.11 Å². The molecule has 0 fully saturated rings. The Morgan fingerprint density at radius 2 is 2.00 bits per heavy atom. The lowest BCUT2D eigenvalue weighted by atomic mass is 10.1. The summed E-state index contributed by atoms with van der Waals surface area (Å²) in [4.78, 5) is 3.44. The third kappa shape index (κ3) is 1.50. The van der Waals surface area contributed by atoms with Crippen molar-refractivity contribution in [2.75, 3.05) is 6.98 Å². The van der Waals surface area contributed by atoms with Crippen molar-refractivity contribution in [1.82, 2.24) is 9.80 Å². The quantitative estimate of drug-likeness (QED) is 0.529. The summed E-state index contributed by atoms with van der Waals surface area (Å²) in [7, 11) is 0. The van der Waals surface area contributed by atoms with Crippen LogP contribution in [0.1, 0.15) is 31.8 Å². The van der Waals surface area contributed by atoms with E-state index in [0.717, 1.165) is 0 Å². The minimum atomic E-state index is -2.05. The van der Waals surface area contributed by atoms with E-state index in [2.05, 4.69) is 20.8 Å². The summed E-state index contributed by atoms with van der Waals surface area (Å²) in [5.74, 6) is 0. The van der Waals surface area contributed by atoms with Crippen LogP contribution in [0.3, 0.4) is 0 Å². The van der Waals surface area contributed by atoms with Gasteiger partial charge < -0.3 is 9.80 Å². The van der Waals surface area contributed by atoms with Crippen LogP contribution < -0.4 is 0 Å². The van der Waals surface area contributed by atoms with E-state index in [4.69, 9.17) is 4.11 Å². The molecule has 1 atom stereocenters. The second-order valence-corrected chi connectivity index (χ2v) is 3.92. The van der Waals surface area contributed by atoms with Crippen molar-refractivity contribution in [3.63, 3.8) is 0 Å². The highest BCUT2D eigenvalue weighted by Crippen LogP contribution is 2.23. The first-order valence-electron chi connectivity index (χ1n) is 5.39. The van der Waals surface area contributed by atoms with Crippen LogP contribution in [-0.2, 0) is 0 Å². The maximum Gasteiger partial charge on any atom is 0.0979 e. The largest absolute Gasteiger partial charge is 0.359 e. The number of rotatable bonds is 0. The van der Waals surface area contributed by atoms with Crippen LogP contribution in [0.15, 0.2) is 12.4 Å². The molecule has 1 heterocycles. The first kappa shape index (κ1) is 5.07. The Morgan fingerprint density at radius 3 is 2.27 bits per heavy atom. The molecule has 0 unspecified atom stereocenters. The van der Waals surface area contributed by atoms with E-state index in [-0.39, 0.29) is 11.7 Å². The van der Waals surface area contributed by atoms with Crippen LogP contribution in [0.5, 0.6) is 0 Å². The molecule has 0 spiro atoms. The van der Waals surface area contributed by atoms with Crippen LogP contribution in [0, 0.1) is 0 Å². The summed E-state index contributed by atoms with van der Waals surface area (Å²) in [5.41, 5.74) is -0.0457. The first-order valence-corrected chi connectivity index (χ1v) is 3.89. The van der Waals surface area contributed by atoms with E-state index in [9.17, 15) is 0 Å². The smallest absolute Gasteiger partial charge is 0.0979 e. The number of hydrogen-bond donors (Lipinski definition) is 0. The van der Waals surface area contributed by atoms with Gasteiger partial charge in [-0.1, -0.05) is 0 Å². The molecule has 0 aromatic heterocycles. The predicted molar refractivity (Wildman–Crippen MR) is 48.0 cm³/mol. The Balaban J connectivity index is 2.81. The Bertz CT molecular complexity index is 215. The Morgan fingerprint density at radius 1 is 1.36 bits per heavy atom. The minimum Gasteiger partial charge on any atom is -0.359 e. The molecule has 64 valence electrons. The van der Waals surface area contributed by atoms with Crippen molar-refractivity contribution in [2.24, 2.45) is 0 Å². The molecule has 0 bridgehead atoms. The van der Waals surface area contributed by atoms with Crippen molar-refractivity contribution in [3.05, 3.63) is 12.4 Å². The fourth-order valence-corrected chi connectivity index (χ4v) is 1.31. The Hall–Kier alpha value is -0.660. The van der Waals surface area contributed by atoms with E-state index < -0.39 is 6.98 Å². The fourth-order valence-electron chi connectivity index (χ4n) is 1.31. The zero-order valence-electron chi connectivity index (χ0n) is 10.6. The molecule has 1 aliphatic heterocycles. The monoisotopic (exact) mass is 157 g/mol. The third-order valence-corrected chi connectivity index (χ3v) is 1.97. The highest BCUT2D eigenvalue weighted by Gasteiger charge is 2.27. The summed E-state index contributed by atoms with van der Waals surface area (Å²) in [6.07, 6.45) is 3.38. The van der Waals surface area contributed by atoms with Gasteiger partial charge in [-0.2, -0.15) is 0 Å². The molecule has 0 aromatic rings. The van der Waals surface area contributed by atoms with Crippen LogP contribution >= 0.6 is 0 Å². The zero-order valence-corrected chi connectivity index (χ0v) is 7.63. The molecule has 0 aromatic carbocycles. The van der Waals surface area contributed by atoms with Gasteiger partial charge in [0.15, 0.2) is 0 Å². The van der Waals surface area contributed by atoms with E-state index in [1.807, 2.05) is 18.0 Å². The molecular formula is C9H18N2. The summed E-state index contributed by atoms with van der Waals surface area (Å²) in [5, 5.41) is 0. The molecular weight excluding hydrogens is 136 g/mol. The number of hydrogen-bond acceptors (Lipinski definition) is 2. The van der Waals surface area contributed by atoms with Crippen molar-refractivity contribution in [1.29, 1.82) is 0 Å². The van der Waals surface area contributed by atoms with E-state index in [0.29, 0.717) is 0 Å². The lowest BCUT2D eigenvalue weighted by Crippen LogP contribution is -2.44. The van der Waals surface area contributed by atoms with Gasteiger partial charge >= 0.3 is 0 Å². The van der Waals surface area contributed by atoms with Gasteiger partial charge in [0.25, 0.3) is 0 Å². The highest BCUT2D eigenvalue weighted by atomic mass is 15.4. The van der Waals surface area contributed by atoms with Crippen LogP contribution in [-0.4, -0.2) is 28.5 Å². The van der Waals surface area contributed by atoms with Gasteiger partial charge in [0, 0.05) is 29.0 Å². The topological polar surface area (TPSA) is 6.48 Å². The summed E-state index contributed by atoms with van der Waals surface area (Å²) in [6.45, 7) is 6.05. The molecule has 2 nitrogen and oxygen atoms in total. The fraction of sp³-hybridized carbons (Fsp3) is 0.778. The highest BCUT2D eigenvalue weighted by molar-refractivity contribution is 4.99. The third-order valence-electron chi connectivity index (χ3n) is 1.97. The molecule has 0 radical (unpaired) electrons. The summed E-state index contributed by atoms with van der Waals surface area (Å²) < 4.78 is 22.0. The molecule has 0 amide bonds. The standard InChI is InChI=1S/C9H18N2/c1-8-10(5)6-7-11(8)9(2,3)4/h6-8H,1-5H3/t8-/m0/s1/i5D3. The molecule has 0 saturated carbocycles. The van der Waals surface area contributed by atoms with Gasteiger partial charge in [0.2, 0.25) is 0 Å². The second kappa shape index (κ2) is 2.43. The normalized spacial score (nSPS) is 30.2. The van der Waals surface area contributed by atoms with E-state index in [1.54, 1.807) is 6.20 Å². The van der Waals surface area contributed by atoms with Crippen LogP contribution in [0.25, 0.3) is 0 Å². The van der Waals surface area contributed by atoms with Crippen LogP contribution in [0.2, 0.25) is 0 Å². The average molecular weight is 157 g/mol. The Labute approximate surface area is 73.7 Å². The molecule has 1 aliphatic rings. The lowest BCUT2D eigenvalue weighted by molar-refractivity contribution is 0.104. The molecule has 1 rings (SSSR count). The van der Waals surface area contributed by atoms with Gasteiger partial charge in [-0.3, -0.25) is 0 Å². The zero-order chi connectivity index (χ0) is 11.1. The minimum absolute atomic E-state index is 0.0457. The van der Waals surface area contributed by atoms with Crippen molar-refractivity contribution in [3.8, 4) is 0 Å². The van der Waals surface area contributed by atoms with E-state index in [1.165, 1.54) is 4.90 Å². The van der Waals surface area contributed by atoms with Crippen molar-refractivity contribution >= 4 is 0 Å². The van der Waals surface area contributed by atoms with Gasteiger partial charge in [-0.25, -0.2) is 0 Å². The summed E-state index contributed by atoms with van der Waals surface area (Å²) in [6, 6.07) is 0. The lowest BCUT2D eigenvalue weighted by Gasteiger charge is -2.38. The van der Waals surface area contributed by atoms with Gasteiger partial charge in [-0.15, -0.1) is 0 Å². The maximum absolute atomic E-state index is 7.34. The Kier molecular flexibility index (Phi) is 1.12. The molecule has 0 saturated heterocycles.